The Bertz CT molecular complexity index is 859. The van der Waals surface area contributed by atoms with Gasteiger partial charge in [-0.2, -0.15) is 0 Å². The van der Waals surface area contributed by atoms with Gasteiger partial charge in [-0.25, -0.2) is 4.79 Å². The quantitative estimate of drug-likeness (QED) is 0.647. The highest BCUT2D eigenvalue weighted by Gasteiger charge is 2.20. The van der Waals surface area contributed by atoms with Crippen LogP contribution in [0.3, 0.4) is 0 Å². The number of benzene rings is 2. The van der Waals surface area contributed by atoms with Gasteiger partial charge in [-0.05, 0) is 44.2 Å². The third kappa shape index (κ3) is 3.63. The summed E-state index contributed by atoms with van der Waals surface area (Å²) in [6, 6.07) is 14.3. The van der Waals surface area contributed by atoms with Gasteiger partial charge in [0.05, 0.1) is 5.56 Å². The van der Waals surface area contributed by atoms with Crippen LogP contribution in [0.1, 0.15) is 34.8 Å². The Morgan fingerprint density at radius 3 is 2.62 bits per heavy atom. The zero-order chi connectivity index (χ0) is 17.1. The summed E-state index contributed by atoms with van der Waals surface area (Å²) in [6.45, 7) is 3.68. The van der Waals surface area contributed by atoms with Crippen LogP contribution in [0.4, 0.5) is 0 Å². The molecule has 0 aliphatic carbocycles. The Morgan fingerprint density at radius 1 is 1.17 bits per heavy atom. The molecule has 5 nitrogen and oxygen atoms in total. The molecule has 0 N–H and O–H groups in total. The molecule has 122 valence electrons. The molecular formula is C18H15ClN2O3. The van der Waals surface area contributed by atoms with E-state index in [-0.39, 0.29) is 5.89 Å². The number of nitrogens with zero attached hydrogens (tertiary/aromatic N) is 2. The number of hydrogen-bond acceptors (Lipinski definition) is 5. The lowest BCUT2D eigenvalue weighted by molar-refractivity contribution is 0.0280. The van der Waals surface area contributed by atoms with E-state index in [1.165, 1.54) is 0 Å². The van der Waals surface area contributed by atoms with E-state index in [0.717, 1.165) is 11.1 Å². The van der Waals surface area contributed by atoms with Gasteiger partial charge in [-0.3, -0.25) is 0 Å². The molecule has 6 heteroatoms. The molecule has 0 fully saturated rings. The second kappa shape index (κ2) is 6.84. The van der Waals surface area contributed by atoms with Gasteiger partial charge in [0.1, 0.15) is 0 Å². The molecule has 0 aliphatic rings. The number of hydrogen-bond donors (Lipinski definition) is 0. The van der Waals surface area contributed by atoms with Crippen LogP contribution in [0.5, 0.6) is 0 Å². The lowest BCUT2D eigenvalue weighted by Gasteiger charge is -2.09. The molecule has 24 heavy (non-hydrogen) atoms. The summed E-state index contributed by atoms with van der Waals surface area (Å²) in [5, 5.41) is 8.43. The third-order valence-corrected chi connectivity index (χ3v) is 3.67. The van der Waals surface area contributed by atoms with Crippen molar-refractivity contribution in [1.29, 1.82) is 0 Å². The fraction of sp³-hybridized carbons (Fsp3) is 0.167. The average molecular weight is 343 g/mol. The Morgan fingerprint density at radius 2 is 1.92 bits per heavy atom. The molecule has 3 aromatic rings. The predicted molar refractivity (Wildman–Crippen MR) is 89.8 cm³/mol. The van der Waals surface area contributed by atoms with E-state index in [1.54, 1.807) is 31.2 Å². The van der Waals surface area contributed by atoms with Gasteiger partial charge in [-0.1, -0.05) is 35.4 Å². The summed E-state index contributed by atoms with van der Waals surface area (Å²) in [6.07, 6.45) is -0.664. The summed E-state index contributed by atoms with van der Waals surface area (Å²) in [7, 11) is 0. The van der Waals surface area contributed by atoms with E-state index in [9.17, 15) is 4.79 Å². The monoisotopic (exact) mass is 342 g/mol. The second-order valence-electron chi connectivity index (χ2n) is 5.37. The molecule has 0 saturated heterocycles. The van der Waals surface area contributed by atoms with Crippen molar-refractivity contribution >= 4 is 17.6 Å². The Labute approximate surface area is 144 Å². The first-order valence-electron chi connectivity index (χ1n) is 7.40. The molecular weight excluding hydrogens is 328 g/mol. The van der Waals surface area contributed by atoms with Gasteiger partial charge >= 0.3 is 5.97 Å². The maximum Gasteiger partial charge on any atom is 0.338 e. The van der Waals surface area contributed by atoms with Gasteiger partial charge in [0.25, 0.3) is 5.89 Å². The van der Waals surface area contributed by atoms with Gasteiger partial charge in [0.15, 0.2) is 6.10 Å². The van der Waals surface area contributed by atoms with E-state index < -0.39 is 12.1 Å². The minimum absolute atomic E-state index is 0.237. The highest BCUT2D eigenvalue weighted by atomic mass is 35.5. The smallest absolute Gasteiger partial charge is 0.338 e. The minimum Gasteiger partial charge on any atom is -0.449 e. The van der Waals surface area contributed by atoms with Crippen LogP contribution >= 0.6 is 11.6 Å². The Hall–Kier alpha value is -2.66. The summed E-state index contributed by atoms with van der Waals surface area (Å²) >= 11 is 5.88. The van der Waals surface area contributed by atoms with Gasteiger partial charge in [0.2, 0.25) is 5.89 Å². The molecule has 1 heterocycles. The molecule has 2 aromatic carbocycles. The molecule has 0 aliphatic heterocycles. The Kier molecular flexibility index (Phi) is 4.62. The van der Waals surface area contributed by atoms with E-state index >= 15 is 0 Å². The standard InChI is InChI=1S/C18H15ClN2O3/c1-11-6-8-13(9-7-11)17-21-20-16(24-17)12(2)23-18(22)14-4-3-5-15(19)10-14/h3-10,12H,1-2H3/t12-/m1/s1. The van der Waals surface area contributed by atoms with Crippen molar-refractivity contribution < 1.29 is 13.9 Å². The number of carbonyl (C=O) groups is 1. The molecule has 0 saturated carbocycles. The first-order chi connectivity index (χ1) is 11.5. The van der Waals surface area contributed by atoms with Crippen LogP contribution in [0, 0.1) is 6.92 Å². The first kappa shape index (κ1) is 16.2. The minimum atomic E-state index is -0.664. The highest BCUT2D eigenvalue weighted by molar-refractivity contribution is 6.30. The number of carbonyl (C=O) groups excluding carboxylic acids is 1. The molecule has 0 bridgehead atoms. The normalized spacial score (nSPS) is 12.0. The fourth-order valence-corrected chi connectivity index (χ4v) is 2.30. The van der Waals surface area contributed by atoms with Crippen LogP contribution in [-0.4, -0.2) is 16.2 Å². The van der Waals surface area contributed by atoms with Crippen molar-refractivity contribution in [2.75, 3.05) is 0 Å². The SMILES string of the molecule is Cc1ccc(-c2nnc([C@@H](C)OC(=O)c3cccc(Cl)c3)o2)cc1. The molecule has 0 unspecified atom stereocenters. The third-order valence-electron chi connectivity index (χ3n) is 3.43. The molecule has 0 amide bonds. The molecule has 0 spiro atoms. The van der Waals surface area contributed by atoms with Crippen LogP contribution < -0.4 is 0 Å². The number of aromatic nitrogens is 2. The number of ether oxygens (including phenoxy) is 1. The van der Waals surface area contributed by atoms with E-state index in [0.29, 0.717) is 16.5 Å². The van der Waals surface area contributed by atoms with Crippen molar-refractivity contribution in [1.82, 2.24) is 10.2 Å². The lowest BCUT2D eigenvalue weighted by atomic mass is 10.1. The van der Waals surface area contributed by atoms with Gasteiger partial charge < -0.3 is 9.15 Å². The van der Waals surface area contributed by atoms with Crippen LogP contribution in [-0.2, 0) is 4.74 Å². The first-order valence-corrected chi connectivity index (χ1v) is 7.78. The summed E-state index contributed by atoms with van der Waals surface area (Å²) in [5.41, 5.74) is 2.32. The highest BCUT2D eigenvalue weighted by Crippen LogP contribution is 2.23. The number of aryl methyl sites for hydroxylation is 1. The Balaban J connectivity index is 1.73. The summed E-state index contributed by atoms with van der Waals surface area (Å²) in [4.78, 5) is 12.1. The van der Waals surface area contributed by atoms with E-state index in [1.807, 2.05) is 31.2 Å². The maximum atomic E-state index is 12.1. The molecule has 0 radical (unpaired) electrons. The number of esters is 1. The molecule has 1 aromatic heterocycles. The average Bonchev–Trinajstić information content (AvgIpc) is 3.05. The van der Waals surface area contributed by atoms with Crippen molar-refractivity contribution in [2.24, 2.45) is 0 Å². The van der Waals surface area contributed by atoms with Gasteiger partial charge in [0, 0.05) is 10.6 Å². The maximum absolute atomic E-state index is 12.1. The largest absolute Gasteiger partial charge is 0.449 e. The predicted octanol–water partition coefficient (Wildman–Crippen LogP) is 4.62. The second-order valence-corrected chi connectivity index (χ2v) is 5.81. The van der Waals surface area contributed by atoms with Crippen molar-refractivity contribution in [3.8, 4) is 11.5 Å². The zero-order valence-electron chi connectivity index (χ0n) is 13.2. The fourth-order valence-electron chi connectivity index (χ4n) is 2.11. The van der Waals surface area contributed by atoms with Crippen molar-refractivity contribution in [3.63, 3.8) is 0 Å². The number of rotatable bonds is 4. The summed E-state index contributed by atoms with van der Waals surface area (Å²) < 4.78 is 11.0. The van der Waals surface area contributed by atoms with E-state index in [2.05, 4.69) is 10.2 Å². The van der Waals surface area contributed by atoms with Crippen molar-refractivity contribution in [3.05, 3.63) is 70.6 Å². The topological polar surface area (TPSA) is 65.2 Å². The molecule has 1 atom stereocenters. The van der Waals surface area contributed by atoms with Crippen LogP contribution in [0.2, 0.25) is 5.02 Å². The number of halogens is 1. The lowest BCUT2D eigenvalue weighted by Crippen LogP contribution is -2.09. The summed E-state index contributed by atoms with van der Waals surface area (Å²) in [5.74, 6) is 0.122. The van der Waals surface area contributed by atoms with Crippen LogP contribution in [0.25, 0.3) is 11.5 Å². The molecule has 3 rings (SSSR count). The van der Waals surface area contributed by atoms with Crippen molar-refractivity contribution in [2.45, 2.75) is 20.0 Å². The van der Waals surface area contributed by atoms with Gasteiger partial charge in [-0.15, -0.1) is 10.2 Å². The van der Waals surface area contributed by atoms with E-state index in [4.69, 9.17) is 20.8 Å². The zero-order valence-corrected chi connectivity index (χ0v) is 13.9. The van der Waals surface area contributed by atoms with Crippen LogP contribution in [0.15, 0.2) is 52.9 Å².